The first-order chi connectivity index (χ1) is 18.8. The number of benzene rings is 2. The minimum Gasteiger partial charge on any atom is -0.447 e. The molecule has 2 aliphatic rings. The molecule has 10 nitrogen and oxygen atoms in total. The van der Waals surface area contributed by atoms with E-state index in [1.165, 1.54) is 0 Å². The lowest BCUT2D eigenvalue weighted by Crippen LogP contribution is -2.44. The number of hydrogen-bond acceptors (Lipinski definition) is 7. The zero-order valence-corrected chi connectivity index (χ0v) is 23.1. The number of aliphatic hydroxyl groups excluding tert-OH is 1. The Morgan fingerprint density at radius 1 is 1.21 bits per heavy atom. The van der Waals surface area contributed by atoms with Gasteiger partial charge in [-0.15, -0.1) is 5.10 Å². The molecule has 2 N–H and O–H groups in total. The van der Waals surface area contributed by atoms with Gasteiger partial charge >= 0.3 is 6.09 Å². The third-order valence-electron chi connectivity index (χ3n) is 7.14. The van der Waals surface area contributed by atoms with Crippen LogP contribution in [0.3, 0.4) is 0 Å². The van der Waals surface area contributed by atoms with Gasteiger partial charge in [0.25, 0.3) is 5.91 Å². The molecule has 1 fully saturated rings. The Morgan fingerprint density at radius 2 is 2.00 bits per heavy atom. The highest BCUT2D eigenvalue weighted by Crippen LogP contribution is 2.46. The third kappa shape index (κ3) is 5.34. The van der Waals surface area contributed by atoms with Gasteiger partial charge in [0, 0.05) is 47.4 Å². The number of aliphatic hydroxyl groups is 2. The van der Waals surface area contributed by atoms with Crippen molar-refractivity contribution in [3.63, 3.8) is 0 Å². The van der Waals surface area contributed by atoms with Gasteiger partial charge in [0.15, 0.2) is 5.60 Å². The maximum atomic E-state index is 13.8. The molecule has 2 aliphatic heterocycles. The van der Waals surface area contributed by atoms with Gasteiger partial charge in [0.2, 0.25) is 0 Å². The first kappa shape index (κ1) is 27.0. The highest BCUT2D eigenvalue weighted by atomic mass is 79.9. The van der Waals surface area contributed by atoms with E-state index in [0.717, 1.165) is 21.4 Å². The number of ether oxygens (including phenoxy) is 1. The second-order valence-electron chi connectivity index (χ2n) is 9.70. The van der Waals surface area contributed by atoms with E-state index in [0.29, 0.717) is 43.8 Å². The quantitative estimate of drug-likeness (QED) is 0.344. The topological polar surface area (TPSA) is 121 Å². The molecule has 3 heterocycles. The summed E-state index contributed by atoms with van der Waals surface area (Å²) >= 11 is 3.49. The Labute approximate surface area is 234 Å². The van der Waals surface area contributed by atoms with Crippen LogP contribution < -0.4 is 9.80 Å². The zero-order valence-electron chi connectivity index (χ0n) is 21.5. The summed E-state index contributed by atoms with van der Waals surface area (Å²) in [6.45, 7) is 3.60. The van der Waals surface area contributed by atoms with E-state index in [1.54, 1.807) is 26.7 Å². The number of carbonyl (C=O) groups is 2. The number of nitrogens with zero attached hydrogens (tertiary/aromatic N) is 5. The second-order valence-corrected chi connectivity index (χ2v) is 10.6. The predicted octanol–water partition coefficient (Wildman–Crippen LogP) is 3.55. The maximum absolute atomic E-state index is 13.8. The average Bonchev–Trinajstić information content (AvgIpc) is 3.62. The highest BCUT2D eigenvalue weighted by Gasteiger charge is 2.52. The second kappa shape index (κ2) is 11.3. The van der Waals surface area contributed by atoms with Crippen molar-refractivity contribution in [2.45, 2.75) is 38.5 Å². The molecule has 0 saturated carbocycles. The number of fused-ring (bicyclic) bond motifs is 1. The largest absolute Gasteiger partial charge is 0.447 e. The van der Waals surface area contributed by atoms with Gasteiger partial charge in [-0.2, -0.15) is 0 Å². The minimum absolute atomic E-state index is 0.0255. The van der Waals surface area contributed by atoms with E-state index in [-0.39, 0.29) is 25.2 Å². The summed E-state index contributed by atoms with van der Waals surface area (Å²) < 4.78 is 7.50. The standard InChI is InChI=1S/C28H30BrN5O5/c1-19(4-2-3-12-32-18-22(11-14-35)30-31-32)28(38)24-16-21(29)7-10-25(24)34(26(28)36)17-20-5-8-23(9-6-20)33-13-15-39-27(33)37/h2,4-10,16,18-19,35,38H,3,11-15,17H2,1H3/b4-2+/t19-,28+/m0/s1. The van der Waals surface area contributed by atoms with Gasteiger partial charge in [-0.25, -0.2) is 4.79 Å². The Bertz CT molecular complexity index is 1390. The Kier molecular flexibility index (Phi) is 7.83. The van der Waals surface area contributed by atoms with Crippen LogP contribution in [0.2, 0.25) is 0 Å². The number of rotatable bonds is 10. The number of hydrogen-bond donors (Lipinski definition) is 2. The van der Waals surface area contributed by atoms with E-state index < -0.39 is 11.5 Å². The van der Waals surface area contributed by atoms with Gasteiger partial charge in [-0.1, -0.05) is 52.4 Å². The Hall–Kier alpha value is -3.54. The molecule has 0 radical (unpaired) electrons. The van der Waals surface area contributed by atoms with Gasteiger partial charge in [0.05, 0.1) is 24.5 Å². The number of allylic oxidation sites excluding steroid dienone is 1. The molecule has 2 atom stereocenters. The molecule has 39 heavy (non-hydrogen) atoms. The van der Waals surface area contributed by atoms with Crippen molar-refractivity contribution < 1.29 is 24.5 Å². The first-order valence-electron chi connectivity index (χ1n) is 12.9. The SMILES string of the molecule is C[C@@H](/C=C/CCn1cc(CCO)nn1)[C@]1(O)C(=O)N(Cc2ccc(N3CCOC3=O)cc2)c2ccc(Br)cc21. The molecule has 5 rings (SSSR count). The van der Waals surface area contributed by atoms with Gasteiger partial charge in [-0.3, -0.25) is 14.4 Å². The number of carbonyl (C=O) groups excluding carboxylic acids is 2. The summed E-state index contributed by atoms with van der Waals surface area (Å²) in [5, 5.41) is 29.0. The summed E-state index contributed by atoms with van der Waals surface area (Å²) in [5.41, 5.74) is 1.84. The van der Waals surface area contributed by atoms with E-state index in [2.05, 4.69) is 26.2 Å². The Balaban J connectivity index is 1.31. The number of cyclic esters (lactones) is 1. The number of anilines is 2. The lowest BCUT2D eigenvalue weighted by Gasteiger charge is -2.28. The van der Waals surface area contributed by atoms with Crippen molar-refractivity contribution in [2.24, 2.45) is 5.92 Å². The van der Waals surface area contributed by atoms with Crippen LogP contribution in [0.25, 0.3) is 0 Å². The average molecular weight is 596 g/mol. The summed E-state index contributed by atoms with van der Waals surface area (Å²) in [7, 11) is 0. The highest BCUT2D eigenvalue weighted by molar-refractivity contribution is 9.10. The summed E-state index contributed by atoms with van der Waals surface area (Å²) in [5.74, 6) is -0.878. The number of aryl methyl sites for hydroxylation is 1. The summed E-state index contributed by atoms with van der Waals surface area (Å²) in [6.07, 6.45) is 6.34. The van der Waals surface area contributed by atoms with Crippen molar-refractivity contribution in [3.05, 3.63) is 82.1 Å². The minimum atomic E-state index is -1.73. The fourth-order valence-corrected chi connectivity index (χ4v) is 5.35. The number of halogens is 1. The van der Waals surface area contributed by atoms with Crippen molar-refractivity contribution >= 4 is 39.3 Å². The summed E-state index contributed by atoms with van der Waals surface area (Å²) in [6, 6.07) is 12.9. The van der Waals surface area contributed by atoms with Gasteiger partial charge < -0.3 is 19.8 Å². The van der Waals surface area contributed by atoms with Gasteiger partial charge in [-0.05, 0) is 42.3 Å². The van der Waals surface area contributed by atoms with Crippen LogP contribution >= 0.6 is 15.9 Å². The molecule has 2 aromatic carbocycles. The molecule has 2 amide bonds. The van der Waals surface area contributed by atoms with Crippen molar-refractivity contribution in [2.75, 3.05) is 29.6 Å². The summed E-state index contributed by atoms with van der Waals surface area (Å²) in [4.78, 5) is 28.8. The molecule has 1 aromatic heterocycles. The fraction of sp³-hybridized carbons (Fsp3) is 0.357. The molecule has 0 spiro atoms. The Morgan fingerprint density at radius 3 is 2.72 bits per heavy atom. The van der Waals surface area contributed by atoms with Crippen molar-refractivity contribution in [3.8, 4) is 0 Å². The lowest BCUT2D eigenvalue weighted by molar-refractivity contribution is -0.139. The van der Waals surface area contributed by atoms with Crippen LogP contribution in [0.1, 0.15) is 30.2 Å². The van der Waals surface area contributed by atoms with Crippen LogP contribution in [0.4, 0.5) is 16.2 Å². The maximum Gasteiger partial charge on any atom is 0.414 e. The fourth-order valence-electron chi connectivity index (χ4n) is 4.99. The van der Waals surface area contributed by atoms with Gasteiger partial charge in [0.1, 0.15) is 6.61 Å². The van der Waals surface area contributed by atoms with E-state index in [9.17, 15) is 14.7 Å². The van der Waals surface area contributed by atoms with Crippen LogP contribution in [0, 0.1) is 5.92 Å². The lowest BCUT2D eigenvalue weighted by atomic mass is 9.83. The monoisotopic (exact) mass is 595 g/mol. The number of amides is 2. The zero-order chi connectivity index (χ0) is 27.6. The first-order valence-corrected chi connectivity index (χ1v) is 13.6. The van der Waals surface area contributed by atoms with E-state index >= 15 is 0 Å². The molecule has 3 aromatic rings. The molecule has 204 valence electrons. The molecular formula is C28H30BrN5O5. The van der Waals surface area contributed by atoms with E-state index in [4.69, 9.17) is 9.84 Å². The molecular weight excluding hydrogens is 566 g/mol. The van der Waals surface area contributed by atoms with Crippen LogP contribution in [-0.4, -0.2) is 57.0 Å². The third-order valence-corrected chi connectivity index (χ3v) is 7.64. The van der Waals surface area contributed by atoms with Crippen LogP contribution in [0.5, 0.6) is 0 Å². The van der Waals surface area contributed by atoms with Crippen molar-refractivity contribution in [1.82, 2.24) is 15.0 Å². The molecule has 1 saturated heterocycles. The smallest absolute Gasteiger partial charge is 0.414 e. The van der Waals surface area contributed by atoms with E-state index in [1.807, 2.05) is 55.5 Å². The van der Waals surface area contributed by atoms with Crippen LogP contribution in [0.15, 0.2) is 65.3 Å². The van der Waals surface area contributed by atoms with Crippen molar-refractivity contribution in [1.29, 1.82) is 0 Å². The molecule has 0 aliphatic carbocycles. The molecule has 0 unspecified atom stereocenters. The molecule has 0 bridgehead atoms. The van der Waals surface area contributed by atoms with Crippen LogP contribution in [-0.2, 0) is 34.6 Å². The number of aromatic nitrogens is 3. The molecule has 11 heteroatoms. The normalized spacial score (nSPS) is 19.7. The predicted molar refractivity (Wildman–Crippen MR) is 148 cm³/mol.